The lowest BCUT2D eigenvalue weighted by atomic mass is 10.1. The molecule has 0 saturated heterocycles. The first-order valence-corrected chi connectivity index (χ1v) is 5.82. The van der Waals surface area contributed by atoms with E-state index < -0.39 is 18.3 Å². The van der Waals surface area contributed by atoms with Crippen LogP contribution < -0.4 is 4.74 Å². The molecular formula is C12H17F3N2O3. The lowest BCUT2D eigenvalue weighted by Gasteiger charge is -2.15. The van der Waals surface area contributed by atoms with Crippen molar-refractivity contribution < 1.29 is 28.3 Å². The smallest absolute Gasteiger partial charge is 0.416 e. The molecule has 0 bridgehead atoms. The van der Waals surface area contributed by atoms with E-state index in [9.17, 15) is 13.2 Å². The normalized spacial score (nSPS) is 12.2. The van der Waals surface area contributed by atoms with E-state index in [-0.39, 0.29) is 23.1 Å². The molecule has 20 heavy (non-hydrogen) atoms. The van der Waals surface area contributed by atoms with Gasteiger partial charge in [-0.1, -0.05) is 5.23 Å². The van der Waals surface area contributed by atoms with Crippen LogP contribution in [-0.2, 0) is 12.7 Å². The Morgan fingerprint density at radius 1 is 1.15 bits per heavy atom. The van der Waals surface area contributed by atoms with Gasteiger partial charge in [0, 0.05) is 6.54 Å². The molecule has 1 aromatic carbocycles. The van der Waals surface area contributed by atoms with Crippen molar-refractivity contribution in [1.82, 2.24) is 10.1 Å². The number of nitrogens with zero attached hydrogens (tertiary/aromatic N) is 2. The molecule has 8 heteroatoms. The van der Waals surface area contributed by atoms with Crippen LogP contribution in [0.15, 0.2) is 18.2 Å². The zero-order valence-corrected chi connectivity index (χ0v) is 11.2. The van der Waals surface area contributed by atoms with Gasteiger partial charge in [-0.05, 0) is 37.9 Å². The summed E-state index contributed by atoms with van der Waals surface area (Å²) in [5.74, 6) is 0.0403. The van der Waals surface area contributed by atoms with E-state index in [1.54, 1.807) is 0 Å². The van der Waals surface area contributed by atoms with E-state index in [4.69, 9.17) is 15.2 Å². The zero-order valence-electron chi connectivity index (χ0n) is 11.2. The van der Waals surface area contributed by atoms with Crippen molar-refractivity contribution in [3.63, 3.8) is 0 Å². The van der Waals surface area contributed by atoms with Gasteiger partial charge in [-0.15, -0.1) is 0 Å². The van der Waals surface area contributed by atoms with Gasteiger partial charge in [0.05, 0.1) is 12.1 Å². The van der Waals surface area contributed by atoms with Gasteiger partial charge in [-0.2, -0.15) is 13.2 Å². The summed E-state index contributed by atoms with van der Waals surface area (Å²) in [6, 6.07) is 3.07. The van der Waals surface area contributed by atoms with Gasteiger partial charge < -0.3 is 9.64 Å². The standard InChI is InChI=1S/C12H17F3N2O3/c1-16(2)3-4-20-11-6-9(8-17(18)19)5-10(7-11)12(13,14)15/h5-7,18-19H,3-4,8H2,1-2H3. The minimum Gasteiger partial charge on any atom is -0.492 e. The van der Waals surface area contributed by atoms with Gasteiger partial charge in [-0.3, -0.25) is 10.4 Å². The average molecular weight is 294 g/mol. The van der Waals surface area contributed by atoms with E-state index >= 15 is 0 Å². The van der Waals surface area contributed by atoms with Crippen molar-refractivity contribution >= 4 is 0 Å². The van der Waals surface area contributed by atoms with Crippen LogP contribution >= 0.6 is 0 Å². The maximum atomic E-state index is 12.7. The second kappa shape index (κ2) is 6.89. The highest BCUT2D eigenvalue weighted by atomic mass is 19.4. The van der Waals surface area contributed by atoms with E-state index in [2.05, 4.69) is 0 Å². The molecule has 0 amide bonds. The summed E-state index contributed by atoms with van der Waals surface area (Å²) in [5, 5.41) is 17.2. The number of ether oxygens (including phenoxy) is 1. The first-order chi connectivity index (χ1) is 9.18. The van der Waals surface area contributed by atoms with Gasteiger partial charge >= 0.3 is 6.18 Å². The predicted molar refractivity (Wildman–Crippen MR) is 64.6 cm³/mol. The van der Waals surface area contributed by atoms with Crippen molar-refractivity contribution in [2.45, 2.75) is 12.7 Å². The van der Waals surface area contributed by atoms with Crippen molar-refractivity contribution in [1.29, 1.82) is 0 Å². The van der Waals surface area contributed by atoms with Gasteiger partial charge in [-0.25, -0.2) is 0 Å². The molecule has 0 saturated carbocycles. The predicted octanol–water partition coefficient (Wildman–Crippen LogP) is 2.23. The Bertz CT molecular complexity index is 436. The summed E-state index contributed by atoms with van der Waals surface area (Å²) in [7, 11) is 3.63. The first-order valence-electron chi connectivity index (χ1n) is 5.82. The summed E-state index contributed by atoms with van der Waals surface area (Å²) < 4.78 is 43.5. The molecular weight excluding hydrogens is 277 g/mol. The Morgan fingerprint density at radius 2 is 1.80 bits per heavy atom. The Hall–Kier alpha value is -1.35. The van der Waals surface area contributed by atoms with Crippen LogP contribution in [0.25, 0.3) is 0 Å². The van der Waals surface area contributed by atoms with Crippen LogP contribution in [0.4, 0.5) is 13.2 Å². The number of alkyl halides is 3. The summed E-state index contributed by atoms with van der Waals surface area (Å²) >= 11 is 0. The average Bonchev–Trinajstić information content (AvgIpc) is 2.25. The summed E-state index contributed by atoms with van der Waals surface area (Å²) in [6.07, 6.45) is -4.52. The lowest BCUT2D eigenvalue weighted by molar-refractivity contribution is -0.314. The second-order valence-corrected chi connectivity index (χ2v) is 4.55. The molecule has 5 nitrogen and oxygen atoms in total. The molecule has 0 atom stereocenters. The van der Waals surface area contributed by atoms with Gasteiger partial charge in [0.25, 0.3) is 0 Å². The molecule has 114 valence electrons. The third-order valence-corrected chi connectivity index (χ3v) is 2.42. The van der Waals surface area contributed by atoms with Crippen LogP contribution in [0.3, 0.4) is 0 Å². The van der Waals surface area contributed by atoms with Crippen LogP contribution in [0.1, 0.15) is 11.1 Å². The topological polar surface area (TPSA) is 56.2 Å². The Labute approximate surface area is 114 Å². The highest BCUT2D eigenvalue weighted by Gasteiger charge is 2.31. The minimum atomic E-state index is -4.52. The summed E-state index contributed by atoms with van der Waals surface area (Å²) in [6.45, 7) is 0.335. The van der Waals surface area contributed by atoms with Crippen molar-refractivity contribution in [3.05, 3.63) is 29.3 Å². The number of likely N-dealkylation sites (N-methyl/N-ethyl adjacent to an activating group) is 1. The summed E-state index contributed by atoms with van der Waals surface area (Å²) in [4.78, 5) is 1.83. The number of hydroxylamine groups is 2. The van der Waals surface area contributed by atoms with E-state index in [1.165, 1.54) is 6.07 Å². The first kappa shape index (κ1) is 16.7. The van der Waals surface area contributed by atoms with Crippen LogP contribution in [0.5, 0.6) is 5.75 Å². The zero-order chi connectivity index (χ0) is 15.3. The quantitative estimate of drug-likeness (QED) is 0.788. The molecule has 0 aromatic heterocycles. The van der Waals surface area contributed by atoms with Crippen molar-refractivity contribution in [3.8, 4) is 5.75 Å². The third-order valence-electron chi connectivity index (χ3n) is 2.42. The molecule has 0 aliphatic rings. The van der Waals surface area contributed by atoms with Crippen molar-refractivity contribution in [2.75, 3.05) is 27.2 Å². The molecule has 1 rings (SSSR count). The van der Waals surface area contributed by atoms with Gasteiger partial charge in [0.2, 0.25) is 0 Å². The fourth-order valence-corrected chi connectivity index (χ4v) is 1.51. The fraction of sp³-hybridized carbons (Fsp3) is 0.500. The molecule has 0 unspecified atom stereocenters. The number of hydrogen-bond donors (Lipinski definition) is 2. The van der Waals surface area contributed by atoms with Crippen LogP contribution in [-0.4, -0.2) is 47.8 Å². The van der Waals surface area contributed by atoms with E-state index in [0.717, 1.165) is 12.1 Å². The van der Waals surface area contributed by atoms with Crippen LogP contribution in [0, 0.1) is 0 Å². The number of benzene rings is 1. The Balaban J connectivity index is 2.92. The second-order valence-electron chi connectivity index (χ2n) is 4.55. The Morgan fingerprint density at radius 3 is 2.30 bits per heavy atom. The van der Waals surface area contributed by atoms with E-state index in [1.807, 2.05) is 19.0 Å². The highest BCUT2D eigenvalue weighted by Crippen LogP contribution is 2.32. The van der Waals surface area contributed by atoms with Crippen molar-refractivity contribution in [2.24, 2.45) is 0 Å². The molecule has 2 N–H and O–H groups in total. The van der Waals surface area contributed by atoms with Gasteiger partial charge in [0.15, 0.2) is 0 Å². The molecule has 0 heterocycles. The minimum absolute atomic E-state index is 0.0403. The largest absolute Gasteiger partial charge is 0.492 e. The van der Waals surface area contributed by atoms with E-state index in [0.29, 0.717) is 6.54 Å². The molecule has 0 spiro atoms. The SMILES string of the molecule is CN(C)CCOc1cc(CN(O)O)cc(C(F)(F)F)c1. The maximum absolute atomic E-state index is 12.7. The Kier molecular flexibility index (Phi) is 5.75. The van der Waals surface area contributed by atoms with Gasteiger partial charge in [0.1, 0.15) is 12.4 Å². The highest BCUT2D eigenvalue weighted by molar-refractivity contribution is 5.36. The molecule has 0 fully saturated rings. The van der Waals surface area contributed by atoms with Crippen LogP contribution in [0.2, 0.25) is 0 Å². The summed E-state index contributed by atoms with van der Waals surface area (Å²) in [5.41, 5.74) is -0.804. The molecule has 0 radical (unpaired) electrons. The molecule has 0 aliphatic carbocycles. The number of halogens is 3. The number of hydrogen-bond acceptors (Lipinski definition) is 5. The lowest BCUT2D eigenvalue weighted by Crippen LogP contribution is -2.20. The third kappa shape index (κ3) is 5.74. The number of rotatable bonds is 6. The monoisotopic (exact) mass is 294 g/mol. The molecule has 0 aliphatic heterocycles. The maximum Gasteiger partial charge on any atom is 0.416 e. The fourth-order valence-electron chi connectivity index (χ4n) is 1.51. The molecule has 1 aromatic rings.